The molecule has 0 spiro atoms. The summed E-state index contributed by atoms with van der Waals surface area (Å²) in [5.41, 5.74) is 5.41. The molecule has 18 heavy (non-hydrogen) atoms. The summed E-state index contributed by atoms with van der Waals surface area (Å²) >= 11 is 5.04. The van der Waals surface area contributed by atoms with Crippen molar-refractivity contribution in [1.29, 1.82) is 0 Å². The molecule has 2 rings (SSSR count). The summed E-state index contributed by atoms with van der Waals surface area (Å²) in [4.78, 5) is 0.992. The van der Waals surface area contributed by atoms with Crippen molar-refractivity contribution in [2.24, 2.45) is 5.84 Å². The van der Waals surface area contributed by atoms with Crippen molar-refractivity contribution in [2.75, 3.05) is 0 Å². The van der Waals surface area contributed by atoms with Crippen LogP contribution >= 0.6 is 27.3 Å². The maximum Gasteiger partial charge on any atom is 0.128 e. The van der Waals surface area contributed by atoms with Gasteiger partial charge in [-0.1, -0.05) is 17.7 Å². The van der Waals surface area contributed by atoms with E-state index in [4.69, 9.17) is 5.84 Å². The summed E-state index contributed by atoms with van der Waals surface area (Å²) in [6.07, 6.45) is 0. The molecule has 0 fully saturated rings. The Bertz CT molecular complexity index is 549. The zero-order valence-corrected chi connectivity index (χ0v) is 12.5. The lowest BCUT2D eigenvalue weighted by Gasteiger charge is -2.16. The number of thiophene rings is 1. The van der Waals surface area contributed by atoms with Crippen LogP contribution in [-0.2, 0) is 0 Å². The standard InChI is InChI=1S/C13H14BrFN2S/c1-7-3-4-10(15)9(5-7)12(17-16)11-6-8(2)13(14)18-11/h3-6,12,17H,16H2,1-2H3. The molecule has 0 saturated heterocycles. The van der Waals surface area contributed by atoms with Gasteiger partial charge in [0.1, 0.15) is 5.82 Å². The molecule has 0 aliphatic carbocycles. The van der Waals surface area contributed by atoms with Gasteiger partial charge in [0.05, 0.1) is 9.83 Å². The summed E-state index contributed by atoms with van der Waals surface area (Å²) in [6.45, 7) is 3.94. The van der Waals surface area contributed by atoms with E-state index in [1.54, 1.807) is 17.4 Å². The van der Waals surface area contributed by atoms with Crippen LogP contribution in [0.5, 0.6) is 0 Å². The van der Waals surface area contributed by atoms with Gasteiger partial charge in [-0.2, -0.15) is 0 Å². The Morgan fingerprint density at radius 3 is 2.61 bits per heavy atom. The Labute approximate surface area is 118 Å². The lowest BCUT2D eigenvalue weighted by molar-refractivity contribution is 0.563. The van der Waals surface area contributed by atoms with Crippen molar-refractivity contribution >= 4 is 27.3 Å². The Balaban J connectivity index is 2.48. The Morgan fingerprint density at radius 1 is 1.33 bits per heavy atom. The molecule has 5 heteroatoms. The molecule has 2 nitrogen and oxygen atoms in total. The van der Waals surface area contributed by atoms with Crippen LogP contribution in [0, 0.1) is 19.7 Å². The minimum atomic E-state index is -0.320. The van der Waals surface area contributed by atoms with Crippen LogP contribution in [0.1, 0.15) is 27.6 Å². The SMILES string of the molecule is Cc1ccc(F)c(C(NN)c2cc(C)c(Br)s2)c1. The second kappa shape index (κ2) is 5.48. The molecule has 96 valence electrons. The highest BCUT2D eigenvalue weighted by molar-refractivity contribution is 9.11. The largest absolute Gasteiger partial charge is 0.271 e. The second-order valence-electron chi connectivity index (χ2n) is 4.23. The molecular formula is C13H14BrFN2S. The molecule has 0 aliphatic heterocycles. The van der Waals surface area contributed by atoms with E-state index in [1.165, 1.54) is 6.07 Å². The number of hydrogen-bond acceptors (Lipinski definition) is 3. The molecule has 1 aromatic heterocycles. The van der Waals surface area contributed by atoms with Crippen LogP contribution in [0.2, 0.25) is 0 Å². The molecule has 3 N–H and O–H groups in total. The molecule has 1 heterocycles. The van der Waals surface area contributed by atoms with E-state index in [1.807, 2.05) is 26.0 Å². The molecule has 0 amide bonds. The highest BCUT2D eigenvalue weighted by Gasteiger charge is 2.19. The topological polar surface area (TPSA) is 38.0 Å². The van der Waals surface area contributed by atoms with Gasteiger partial charge in [0, 0.05) is 10.4 Å². The highest BCUT2D eigenvalue weighted by Crippen LogP contribution is 2.34. The Kier molecular flexibility index (Phi) is 4.17. The Morgan fingerprint density at radius 2 is 2.06 bits per heavy atom. The number of nitrogens with one attached hydrogen (secondary N) is 1. The van der Waals surface area contributed by atoms with Crippen molar-refractivity contribution in [2.45, 2.75) is 19.9 Å². The summed E-state index contributed by atoms with van der Waals surface area (Å²) < 4.78 is 14.9. The van der Waals surface area contributed by atoms with Gasteiger partial charge in [0.2, 0.25) is 0 Å². The maximum absolute atomic E-state index is 13.9. The third-order valence-corrected chi connectivity index (χ3v) is 4.99. The van der Waals surface area contributed by atoms with Crippen LogP contribution in [-0.4, -0.2) is 0 Å². The summed E-state index contributed by atoms with van der Waals surface area (Å²) in [5.74, 6) is 5.35. The first-order valence-electron chi connectivity index (χ1n) is 5.51. The van der Waals surface area contributed by atoms with E-state index in [9.17, 15) is 4.39 Å². The fraction of sp³-hybridized carbons (Fsp3) is 0.231. The lowest BCUT2D eigenvalue weighted by Crippen LogP contribution is -2.29. The smallest absolute Gasteiger partial charge is 0.128 e. The van der Waals surface area contributed by atoms with Gasteiger partial charge < -0.3 is 0 Å². The van der Waals surface area contributed by atoms with Gasteiger partial charge in [-0.25, -0.2) is 9.82 Å². The van der Waals surface area contributed by atoms with Crippen LogP contribution in [0.15, 0.2) is 28.1 Å². The van der Waals surface area contributed by atoms with Crippen LogP contribution < -0.4 is 11.3 Å². The van der Waals surface area contributed by atoms with E-state index >= 15 is 0 Å². The molecule has 0 saturated carbocycles. The molecule has 0 radical (unpaired) electrons. The van der Waals surface area contributed by atoms with Crippen LogP contribution in [0.25, 0.3) is 0 Å². The highest BCUT2D eigenvalue weighted by atomic mass is 79.9. The second-order valence-corrected chi connectivity index (χ2v) is 6.63. The molecule has 1 unspecified atom stereocenters. The molecule has 1 atom stereocenters. The number of nitrogens with two attached hydrogens (primary N) is 1. The first-order valence-corrected chi connectivity index (χ1v) is 7.12. The monoisotopic (exact) mass is 328 g/mol. The normalized spacial score (nSPS) is 12.7. The predicted octanol–water partition coefficient (Wildman–Crippen LogP) is 3.82. The van der Waals surface area contributed by atoms with Crippen molar-refractivity contribution in [1.82, 2.24) is 5.43 Å². The number of hydrazine groups is 1. The predicted molar refractivity (Wildman–Crippen MR) is 77.1 cm³/mol. The first-order chi connectivity index (χ1) is 8.52. The van der Waals surface area contributed by atoms with E-state index in [0.29, 0.717) is 5.56 Å². The third kappa shape index (κ3) is 2.64. The molecule has 1 aromatic carbocycles. The minimum Gasteiger partial charge on any atom is -0.271 e. The Hall–Kier alpha value is -0.750. The zero-order valence-electron chi connectivity index (χ0n) is 10.1. The van der Waals surface area contributed by atoms with E-state index in [-0.39, 0.29) is 11.9 Å². The molecular weight excluding hydrogens is 315 g/mol. The van der Waals surface area contributed by atoms with Crippen molar-refractivity contribution in [3.05, 3.63) is 55.4 Å². The van der Waals surface area contributed by atoms with Crippen molar-refractivity contribution in [3.63, 3.8) is 0 Å². The van der Waals surface area contributed by atoms with Gasteiger partial charge >= 0.3 is 0 Å². The molecule has 0 bridgehead atoms. The van der Waals surface area contributed by atoms with Gasteiger partial charge in [0.15, 0.2) is 0 Å². The van der Waals surface area contributed by atoms with Gasteiger partial charge in [-0.3, -0.25) is 5.84 Å². The van der Waals surface area contributed by atoms with Gasteiger partial charge in [-0.05, 0) is 47.5 Å². The van der Waals surface area contributed by atoms with Crippen molar-refractivity contribution < 1.29 is 4.39 Å². The quantitative estimate of drug-likeness (QED) is 0.664. The molecule has 0 aliphatic rings. The van der Waals surface area contributed by atoms with E-state index in [2.05, 4.69) is 21.4 Å². The van der Waals surface area contributed by atoms with Gasteiger partial charge in [-0.15, -0.1) is 11.3 Å². The number of rotatable bonds is 3. The van der Waals surface area contributed by atoms with Crippen LogP contribution in [0.3, 0.4) is 0 Å². The summed E-state index contributed by atoms with van der Waals surface area (Å²) in [5, 5.41) is 0. The first kappa shape index (κ1) is 13.7. The average Bonchev–Trinajstić information content (AvgIpc) is 2.65. The number of hydrogen-bond donors (Lipinski definition) is 2. The van der Waals surface area contributed by atoms with Crippen molar-refractivity contribution in [3.8, 4) is 0 Å². The number of halogens is 2. The average molecular weight is 329 g/mol. The molecule has 2 aromatic rings. The third-order valence-electron chi connectivity index (χ3n) is 2.79. The summed E-state index contributed by atoms with van der Waals surface area (Å²) in [7, 11) is 0. The zero-order chi connectivity index (χ0) is 13.3. The fourth-order valence-corrected chi connectivity index (χ4v) is 3.49. The number of aryl methyl sites for hydroxylation is 2. The van der Waals surface area contributed by atoms with E-state index in [0.717, 1.165) is 19.8 Å². The summed E-state index contributed by atoms with van der Waals surface area (Å²) in [6, 6.07) is 6.75. The van der Waals surface area contributed by atoms with Crippen LogP contribution in [0.4, 0.5) is 4.39 Å². The van der Waals surface area contributed by atoms with Gasteiger partial charge in [0.25, 0.3) is 0 Å². The minimum absolute atomic E-state index is 0.245. The lowest BCUT2D eigenvalue weighted by atomic mass is 10.0. The number of benzene rings is 1. The maximum atomic E-state index is 13.9. The fourth-order valence-electron chi connectivity index (χ4n) is 1.84. The van der Waals surface area contributed by atoms with E-state index < -0.39 is 0 Å².